The molecule has 0 bridgehead atoms. The van der Waals surface area contributed by atoms with Crippen LogP contribution in [0, 0.1) is 5.92 Å². The molecule has 4 rings (SSSR count). The van der Waals surface area contributed by atoms with E-state index in [1.54, 1.807) is 18.5 Å². The van der Waals surface area contributed by atoms with Gasteiger partial charge in [-0.1, -0.05) is 36.4 Å². The van der Waals surface area contributed by atoms with Gasteiger partial charge in [0.25, 0.3) is 5.91 Å². The molecule has 6 nitrogen and oxygen atoms in total. The molecule has 0 aliphatic carbocycles. The van der Waals surface area contributed by atoms with Crippen molar-refractivity contribution in [2.45, 2.75) is 25.8 Å². The predicted octanol–water partition coefficient (Wildman–Crippen LogP) is 3.58. The van der Waals surface area contributed by atoms with E-state index in [1.165, 1.54) is 5.56 Å². The summed E-state index contributed by atoms with van der Waals surface area (Å²) in [5, 5.41) is 3.14. The molecule has 1 aliphatic heterocycles. The van der Waals surface area contributed by atoms with Crippen molar-refractivity contribution in [3.63, 3.8) is 0 Å². The fraction of sp³-hybridized carbons (Fsp3) is 0.304. The third kappa shape index (κ3) is 5.16. The number of aromatic nitrogens is 3. The fourth-order valence-corrected chi connectivity index (χ4v) is 3.68. The highest BCUT2D eigenvalue weighted by Gasteiger charge is 2.24. The topological polar surface area (TPSA) is 71.0 Å². The van der Waals surface area contributed by atoms with Gasteiger partial charge in [0.1, 0.15) is 5.69 Å². The van der Waals surface area contributed by atoms with Gasteiger partial charge < -0.3 is 10.2 Å². The standard InChI is InChI=1S/C23H25N5O/c29-22(28-14-10-19(11-15-28)16-18-6-2-1-3-7-18)21-9-13-25-23(27-21)26-17-20-8-4-5-12-24-20/h1-9,12-13,19H,10-11,14-17H2,(H,25,26,27). The first-order valence-corrected chi connectivity index (χ1v) is 10.1. The van der Waals surface area contributed by atoms with Crippen molar-refractivity contribution in [1.82, 2.24) is 19.9 Å². The van der Waals surface area contributed by atoms with Crippen LogP contribution in [0.4, 0.5) is 5.95 Å². The van der Waals surface area contributed by atoms with E-state index in [1.807, 2.05) is 29.2 Å². The zero-order chi connectivity index (χ0) is 19.9. The van der Waals surface area contributed by atoms with Crippen molar-refractivity contribution in [1.29, 1.82) is 0 Å². The van der Waals surface area contributed by atoms with Crippen molar-refractivity contribution in [3.8, 4) is 0 Å². The summed E-state index contributed by atoms with van der Waals surface area (Å²) >= 11 is 0. The Morgan fingerprint density at radius 1 is 0.966 bits per heavy atom. The van der Waals surface area contributed by atoms with Gasteiger partial charge in [0.05, 0.1) is 12.2 Å². The number of anilines is 1. The molecule has 1 amide bonds. The molecule has 2 aromatic heterocycles. The van der Waals surface area contributed by atoms with E-state index in [-0.39, 0.29) is 5.91 Å². The second-order valence-electron chi connectivity index (χ2n) is 7.37. The van der Waals surface area contributed by atoms with Crippen LogP contribution in [-0.2, 0) is 13.0 Å². The van der Waals surface area contributed by atoms with Crippen LogP contribution in [0.1, 0.15) is 34.6 Å². The SMILES string of the molecule is O=C(c1ccnc(NCc2ccccn2)n1)N1CCC(Cc2ccccc2)CC1. The summed E-state index contributed by atoms with van der Waals surface area (Å²) in [6.07, 6.45) is 6.51. The number of carbonyl (C=O) groups excluding carboxylic acids is 1. The van der Waals surface area contributed by atoms with E-state index in [4.69, 9.17) is 0 Å². The summed E-state index contributed by atoms with van der Waals surface area (Å²) in [5.74, 6) is 1.05. The maximum atomic E-state index is 12.9. The number of rotatable bonds is 6. The molecule has 0 spiro atoms. The van der Waals surface area contributed by atoms with Crippen LogP contribution in [0.5, 0.6) is 0 Å². The molecule has 1 aliphatic rings. The number of benzene rings is 1. The summed E-state index contributed by atoms with van der Waals surface area (Å²) in [6, 6.07) is 18.0. The Labute approximate surface area is 171 Å². The predicted molar refractivity (Wildman–Crippen MR) is 112 cm³/mol. The molecule has 3 heterocycles. The molecular weight excluding hydrogens is 362 g/mol. The highest BCUT2D eigenvalue weighted by Crippen LogP contribution is 2.22. The van der Waals surface area contributed by atoms with Crippen LogP contribution in [-0.4, -0.2) is 38.8 Å². The monoisotopic (exact) mass is 387 g/mol. The Balaban J connectivity index is 1.31. The minimum Gasteiger partial charge on any atom is -0.349 e. The zero-order valence-corrected chi connectivity index (χ0v) is 16.4. The molecule has 1 aromatic carbocycles. The average Bonchev–Trinajstić information content (AvgIpc) is 2.79. The number of pyridine rings is 1. The molecule has 0 atom stereocenters. The Morgan fingerprint density at radius 2 is 1.76 bits per heavy atom. The first kappa shape index (κ1) is 19.1. The lowest BCUT2D eigenvalue weighted by Gasteiger charge is -2.32. The summed E-state index contributed by atoms with van der Waals surface area (Å²) in [7, 11) is 0. The van der Waals surface area contributed by atoms with Gasteiger partial charge in [-0.05, 0) is 48.9 Å². The first-order valence-electron chi connectivity index (χ1n) is 10.1. The summed E-state index contributed by atoms with van der Waals surface area (Å²) < 4.78 is 0. The molecule has 0 saturated carbocycles. The van der Waals surface area contributed by atoms with Crippen LogP contribution in [0.3, 0.4) is 0 Å². The zero-order valence-electron chi connectivity index (χ0n) is 16.4. The number of likely N-dealkylation sites (tertiary alicyclic amines) is 1. The quantitative estimate of drug-likeness (QED) is 0.700. The second kappa shape index (κ2) is 9.28. The van der Waals surface area contributed by atoms with Crippen molar-refractivity contribution >= 4 is 11.9 Å². The minimum absolute atomic E-state index is 0.0218. The van der Waals surface area contributed by atoms with Crippen LogP contribution < -0.4 is 5.32 Å². The molecule has 148 valence electrons. The Morgan fingerprint density at radius 3 is 2.52 bits per heavy atom. The van der Waals surface area contributed by atoms with Crippen LogP contribution in [0.2, 0.25) is 0 Å². The van der Waals surface area contributed by atoms with Gasteiger partial charge in [0, 0.05) is 25.5 Å². The number of piperidine rings is 1. The third-order valence-corrected chi connectivity index (χ3v) is 5.30. The summed E-state index contributed by atoms with van der Waals surface area (Å²) in [5.41, 5.74) is 2.70. The Kier molecular flexibility index (Phi) is 6.10. The fourth-order valence-electron chi connectivity index (χ4n) is 3.68. The summed E-state index contributed by atoms with van der Waals surface area (Å²) in [4.78, 5) is 27.7. The van der Waals surface area contributed by atoms with Gasteiger partial charge in [0.15, 0.2) is 0 Å². The Hall–Kier alpha value is -3.28. The van der Waals surface area contributed by atoms with E-state index < -0.39 is 0 Å². The summed E-state index contributed by atoms with van der Waals surface area (Å²) in [6.45, 7) is 2.07. The van der Waals surface area contributed by atoms with E-state index in [0.717, 1.165) is 38.0 Å². The number of hydrogen-bond donors (Lipinski definition) is 1. The maximum Gasteiger partial charge on any atom is 0.272 e. The van der Waals surface area contributed by atoms with Gasteiger partial charge in [0.2, 0.25) is 5.95 Å². The van der Waals surface area contributed by atoms with E-state index >= 15 is 0 Å². The Bertz CT molecular complexity index is 924. The van der Waals surface area contributed by atoms with Crippen LogP contribution in [0.25, 0.3) is 0 Å². The van der Waals surface area contributed by atoms with Gasteiger partial charge in [-0.2, -0.15) is 0 Å². The minimum atomic E-state index is -0.0218. The van der Waals surface area contributed by atoms with Crippen molar-refractivity contribution in [2.75, 3.05) is 18.4 Å². The molecule has 29 heavy (non-hydrogen) atoms. The van der Waals surface area contributed by atoms with Crippen LogP contribution in [0.15, 0.2) is 67.0 Å². The number of nitrogens with zero attached hydrogens (tertiary/aromatic N) is 4. The molecule has 6 heteroatoms. The maximum absolute atomic E-state index is 12.9. The lowest BCUT2D eigenvalue weighted by molar-refractivity contribution is 0.0684. The van der Waals surface area contributed by atoms with Crippen molar-refractivity contribution < 1.29 is 4.79 Å². The lowest BCUT2D eigenvalue weighted by atomic mass is 9.90. The highest BCUT2D eigenvalue weighted by atomic mass is 16.2. The van der Waals surface area contributed by atoms with Crippen molar-refractivity contribution in [3.05, 3.63) is 83.9 Å². The van der Waals surface area contributed by atoms with Gasteiger partial charge in [-0.15, -0.1) is 0 Å². The molecule has 1 N–H and O–H groups in total. The third-order valence-electron chi connectivity index (χ3n) is 5.30. The number of nitrogens with one attached hydrogen (secondary N) is 1. The van der Waals surface area contributed by atoms with Crippen molar-refractivity contribution in [2.24, 2.45) is 5.92 Å². The van der Waals surface area contributed by atoms with Gasteiger partial charge in [-0.25, -0.2) is 9.97 Å². The first-order chi connectivity index (χ1) is 14.3. The molecule has 0 unspecified atom stereocenters. The molecule has 0 radical (unpaired) electrons. The highest BCUT2D eigenvalue weighted by molar-refractivity contribution is 5.92. The smallest absolute Gasteiger partial charge is 0.272 e. The molecule has 1 fully saturated rings. The molecular formula is C23H25N5O. The van der Waals surface area contributed by atoms with Gasteiger partial charge in [-0.3, -0.25) is 9.78 Å². The molecule has 3 aromatic rings. The largest absolute Gasteiger partial charge is 0.349 e. The van der Waals surface area contributed by atoms with Crippen LogP contribution >= 0.6 is 0 Å². The lowest BCUT2D eigenvalue weighted by Crippen LogP contribution is -2.39. The van der Waals surface area contributed by atoms with E-state index in [9.17, 15) is 4.79 Å². The normalized spacial score (nSPS) is 14.6. The number of hydrogen-bond acceptors (Lipinski definition) is 5. The van der Waals surface area contributed by atoms with E-state index in [2.05, 4.69) is 44.5 Å². The van der Waals surface area contributed by atoms with E-state index in [0.29, 0.717) is 24.1 Å². The van der Waals surface area contributed by atoms with Gasteiger partial charge >= 0.3 is 0 Å². The molecule has 1 saturated heterocycles. The number of carbonyl (C=O) groups is 1. The number of amides is 1. The average molecular weight is 387 g/mol. The second-order valence-corrected chi connectivity index (χ2v) is 7.37.